The molecule has 4 nitrogen and oxygen atoms in total. The molecule has 0 saturated carbocycles. The highest BCUT2D eigenvalue weighted by Gasteiger charge is 2.36. The third kappa shape index (κ3) is 2.83. The Morgan fingerprint density at radius 3 is 2.79 bits per heavy atom. The molecule has 0 aromatic heterocycles. The quantitative estimate of drug-likeness (QED) is 0.905. The minimum atomic E-state index is -3.17. The molecular weight excluding hydrogens is 260 g/mol. The second-order valence-electron chi connectivity index (χ2n) is 5.50. The number of benzene rings is 1. The minimum absolute atomic E-state index is 0.124. The number of fused-ring (bicyclic) bond motifs is 1. The van der Waals surface area contributed by atoms with E-state index in [0.29, 0.717) is 25.0 Å². The Bertz CT molecular complexity index is 530. The molecule has 104 valence electrons. The lowest BCUT2D eigenvalue weighted by Gasteiger charge is -2.34. The van der Waals surface area contributed by atoms with E-state index in [4.69, 9.17) is 0 Å². The third-order valence-electron chi connectivity index (χ3n) is 4.20. The number of hydrogen-bond donors (Lipinski definition) is 1. The van der Waals surface area contributed by atoms with Crippen LogP contribution >= 0.6 is 0 Å². The first-order chi connectivity index (χ1) is 9.15. The zero-order valence-corrected chi connectivity index (χ0v) is 11.8. The van der Waals surface area contributed by atoms with Crippen LogP contribution in [0.3, 0.4) is 0 Å². The van der Waals surface area contributed by atoms with Crippen LogP contribution in [0.5, 0.6) is 0 Å². The van der Waals surface area contributed by atoms with E-state index in [1.807, 2.05) is 30.3 Å². The van der Waals surface area contributed by atoms with E-state index < -0.39 is 10.0 Å². The number of nitrogens with zero attached hydrogens (tertiary/aromatic N) is 1. The minimum Gasteiger partial charge on any atom is -0.314 e. The van der Waals surface area contributed by atoms with Crippen molar-refractivity contribution >= 4 is 10.0 Å². The van der Waals surface area contributed by atoms with Crippen LogP contribution in [0.25, 0.3) is 0 Å². The summed E-state index contributed by atoms with van der Waals surface area (Å²) in [6.07, 6.45) is 2.04. The normalized spacial score (nSPS) is 28.2. The predicted octanol–water partition coefficient (Wildman–Crippen LogP) is 1.20. The topological polar surface area (TPSA) is 49.4 Å². The van der Waals surface area contributed by atoms with Gasteiger partial charge < -0.3 is 5.32 Å². The first-order valence-corrected chi connectivity index (χ1v) is 8.51. The van der Waals surface area contributed by atoms with Crippen LogP contribution in [0.1, 0.15) is 18.4 Å². The Balaban J connectivity index is 1.70. The smallest absolute Gasteiger partial charge is 0.218 e. The van der Waals surface area contributed by atoms with Crippen LogP contribution in [-0.2, 0) is 15.8 Å². The van der Waals surface area contributed by atoms with Crippen LogP contribution in [0.15, 0.2) is 30.3 Å². The number of piperidine rings is 1. The Labute approximate surface area is 114 Å². The SMILES string of the molecule is O=S(=O)(Cc1ccccc1)N1CCC2NCCC2C1. The molecule has 2 fully saturated rings. The molecule has 19 heavy (non-hydrogen) atoms. The number of sulfonamides is 1. The standard InChI is InChI=1S/C14H20N2O2S/c17-19(18,11-12-4-2-1-3-5-12)16-9-7-14-13(10-16)6-8-15-14/h1-5,13-15H,6-11H2. The van der Waals surface area contributed by atoms with Gasteiger partial charge in [0.1, 0.15) is 0 Å². The van der Waals surface area contributed by atoms with Crippen molar-refractivity contribution in [1.82, 2.24) is 9.62 Å². The lowest BCUT2D eigenvalue weighted by atomic mass is 9.95. The molecule has 2 atom stereocenters. The number of nitrogens with one attached hydrogen (secondary N) is 1. The molecule has 0 amide bonds. The summed E-state index contributed by atoms with van der Waals surface area (Å²) in [7, 11) is -3.17. The second-order valence-corrected chi connectivity index (χ2v) is 7.47. The Kier molecular flexibility index (Phi) is 3.60. The van der Waals surface area contributed by atoms with E-state index in [1.54, 1.807) is 4.31 Å². The molecule has 2 aliphatic rings. The molecule has 5 heteroatoms. The highest BCUT2D eigenvalue weighted by atomic mass is 32.2. The molecule has 2 aliphatic heterocycles. The highest BCUT2D eigenvalue weighted by molar-refractivity contribution is 7.88. The fourth-order valence-corrected chi connectivity index (χ4v) is 4.74. The zero-order chi connectivity index (χ0) is 13.3. The summed E-state index contributed by atoms with van der Waals surface area (Å²) in [5.74, 6) is 0.623. The summed E-state index contributed by atoms with van der Waals surface area (Å²) in [5.41, 5.74) is 0.870. The zero-order valence-electron chi connectivity index (χ0n) is 11.0. The Morgan fingerprint density at radius 2 is 2.00 bits per heavy atom. The molecule has 3 rings (SSSR count). The molecule has 0 radical (unpaired) electrons. The first-order valence-electron chi connectivity index (χ1n) is 6.90. The van der Waals surface area contributed by atoms with Gasteiger partial charge in [-0.05, 0) is 30.9 Å². The van der Waals surface area contributed by atoms with Gasteiger partial charge in [0, 0.05) is 19.1 Å². The molecule has 1 aromatic rings. The third-order valence-corrected chi connectivity index (χ3v) is 6.02. The monoisotopic (exact) mass is 280 g/mol. The maximum Gasteiger partial charge on any atom is 0.218 e. The average molecular weight is 280 g/mol. The van der Waals surface area contributed by atoms with Crippen molar-refractivity contribution in [3.8, 4) is 0 Å². The van der Waals surface area contributed by atoms with Crippen molar-refractivity contribution in [2.45, 2.75) is 24.6 Å². The van der Waals surface area contributed by atoms with Gasteiger partial charge in [-0.3, -0.25) is 0 Å². The largest absolute Gasteiger partial charge is 0.314 e. The molecule has 1 N–H and O–H groups in total. The molecule has 2 unspecified atom stereocenters. The van der Waals surface area contributed by atoms with Gasteiger partial charge in [0.05, 0.1) is 5.75 Å². The number of hydrogen-bond acceptors (Lipinski definition) is 3. The van der Waals surface area contributed by atoms with E-state index in [1.165, 1.54) is 0 Å². The lowest BCUT2D eigenvalue weighted by molar-refractivity contribution is 0.247. The Morgan fingerprint density at radius 1 is 1.21 bits per heavy atom. The van der Waals surface area contributed by atoms with Gasteiger partial charge in [-0.25, -0.2) is 12.7 Å². The summed E-state index contributed by atoms with van der Waals surface area (Å²) in [5, 5.41) is 3.46. The van der Waals surface area contributed by atoms with Crippen LogP contribution in [0, 0.1) is 5.92 Å². The van der Waals surface area contributed by atoms with Crippen LogP contribution in [0.2, 0.25) is 0 Å². The van der Waals surface area contributed by atoms with E-state index in [9.17, 15) is 8.42 Å². The number of rotatable bonds is 3. The van der Waals surface area contributed by atoms with Gasteiger partial charge in [0.2, 0.25) is 10.0 Å². The van der Waals surface area contributed by atoms with Crippen LogP contribution in [-0.4, -0.2) is 38.4 Å². The van der Waals surface area contributed by atoms with E-state index in [0.717, 1.165) is 24.9 Å². The van der Waals surface area contributed by atoms with Crippen LogP contribution < -0.4 is 5.32 Å². The summed E-state index contributed by atoms with van der Waals surface area (Å²) in [4.78, 5) is 0. The summed E-state index contributed by atoms with van der Waals surface area (Å²) < 4.78 is 26.6. The predicted molar refractivity (Wildman–Crippen MR) is 75.2 cm³/mol. The van der Waals surface area contributed by atoms with E-state index >= 15 is 0 Å². The van der Waals surface area contributed by atoms with Crippen molar-refractivity contribution < 1.29 is 8.42 Å². The summed E-state index contributed by atoms with van der Waals surface area (Å²) in [6.45, 7) is 2.37. The van der Waals surface area contributed by atoms with Gasteiger partial charge in [-0.15, -0.1) is 0 Å². The van der Waals surface area contributed by atoms with Crippen molar-refractivity contribution in [2.75, 3.05) is 19.6 Å². The van der Waals surface area contributed by atoms with Crippen molar-refractivity contribution in [3.63, 3.8) is 0 Å². The maximum absolute atomic E-state index is 12.4. The van der Waals surface area contributed by atoms with Crippen molar-refractivity contribution in [2.24, 2.45) is 5.92 Å². The van der Waals surface area contributed by atoms with E-state index in [2.05, 4.69) is 5.32 Å². The fraction of sp³-hybridized carbons (Fsp3) is 0.571. The molecule has 0 spiro atoms. The molecular formula is C14H20N2O2S. The van der Waals surface area contributed by atoms with Gasteiger partial charge >= 0.3 is 0 Å². The molecule has 0 bridgehead atoms. The van der Waals surface area contributed by atoms with Crippen LogP contribution in [0.4, 0.5) is 0 Å². The van der Waals surface area contributed by atoms with Gasteiger partial charge in [0.25, 0.3) is 0 Å². The van der Waals surface area contributed by atoms with E-state index in [-0.39, 0.29) is 5.75 Å². The second kappa shape index (κ2) is 5.23. The maximum atomic E-state index is 12.4. The van der Waals surface area contributed by atoms with Gasteiger partial charge in [0.15, 0.2) is 0 Å². The highest BCUT2D eigenvalue weighted by Crippen LogP contribution is 2.27. The molecule has 1 aromatic carbocycles. The summed E-state index contributed by atoms with van der Waals surface area (Å²) in [6, 6.07) is 9.97. The molecule has 2 heterocycles. The van der Waals surface area contributed by atoms with Crippen molar-refractivity contribution in [1.29, 1.82) is 0 Å². The Hall–Kier alpha value is -0.910. The van der Waals surface area contributed by atoms with Crippen molar-refractivity contribution in [3.05, 3.63) is 35.9 Å². The lowest BCUT2D eigenvalue weighted by Crippen LogP contribution is -2.47. The molecule has 2 saturated heterocycles. The molecule has 0 aliphatic carbocycles. The fourth-order valence-electron chi connectivity index (χ4n) is 3.14. The summed E-state index contributed by atoms with van der Waals surface area (Å²) >= 11 is 0. The average Bonchev–Trinajstić information content (AvgIpc) is 2.86. The van der Waals surface area contributed by atoms with Gasteiger partial charge in [-0.2, -0.15) is 0 Å². The first kappa shape index (κ1) is 13.1. The van der Waals surface area contributed by atoms with Gasteiger partial charge in [-0.1, -0.05) is 30.3 Å².